The first-order valence-electron chi connectivity index (χ1n) is 5.70. The third kappa shape index (κ3) is 2.83. The summed E-state index contributed by atoms with van der Waals surface area (Å²) in [7, 11) is 3.30. The molecule has 18 heavy (non-hydrogen) atoms. The summed E-state index contributed by atoms with van der Waals surface area (Å²) in [6, 6.07) is -0.0813. The molecular weight excluding hydrogens is 254 g/mol. The van der Waals surface area contributed by atoms with E-state index >= 15 is 0 Å². The van der Waals surface area contributed by atoms with Gasteiger partial charge in [-0.05, 0) is 12.8 Å². The molecule has 2 aromatic rings. The second-order valence-corrected chi connectivity index (χ2v) is 4.91. The molecule has 1 unspecified atom stereocenters. The average molecular weight is 271 g/mol. The van der Waals surface area contributed by atoms with E-state index in [1.807, 2.05) is 0 Å². The van der Waals surface area contributed by atoms with Gasteiger partial charge < -0.3 is 15.2 Å². The van der Waals surface area contributed by atoms with Crippen molar-refractivity contribution in [1.29, 1.82) is 0 Å². The number of ether oxygens (including phenoxy) is 2. The number of fused-ring (bicyclic) bond motifs is 1. The van der Waals surface area contributed by atoms with E-state index in [1.165, 1.54) is 11.3 Å². The van der Waals surface area contributed by atoms with Crippen LogP contribution in [0.15, 0.2) is 0 Å². The largest absolute Gasteiger partial charge is 0.385 e. The number of nitrogens with two attached hydrogens (primary N) is 1. The van der Waals surface area contributed by atoms with Crippen molar-refractivity contribution in [2.24, 2.45) is 5.73 Å². The minimum absolute atomic E-state index is 0.0813. The smallest absolute Gasteiger partial charge is 0.234 e. The standard InChI is InChI=1S/C10H17N5O2S/c1-16-5-3-4-7(11)9-14-15-8(6-17-2)12-13-10(15)18-9/h7H,3-6,11H2,1-2H3. The van der Waals surface area contributed by atoms with Gasteiger partial charge in [0.05, 0.1) is 6.04 Å². The van der Waals surface area contributed by atoms with Gasteiger partial charge in [0.25, 0.3) is 0 Å². The van der Waals surface area contributed by atoms with Gasteiger partial charge in [0.2, 0.25) is 4.96 Å². The maximum atomic E-state index is 6.08. The Morgan fingerprint density at radius 2 is 2.17 bits per heavy atom. The van der Waals surface area contributed by atoms with Gasteiger partial charge in [-0.1, -0.05) is 11.3 Å². The van der Waals surface area contributed by atoms with Crippen LogP contribution in [0.3, 0.4) is 0 Å². The van der Waals surface area contributed by atoms with Crippen molar-refractivity contribution in [2.45, 2.75) is 25.5 Å². The Balaban J connectivity index is 2.09. The molecule has 2 N–H and O–H groups in total. The number of aromatic nitrogens is 4. The molecule has 0 radical (unpaired) electrons. The number of rotatable bonds is 7. The Hall–Kier alpha value is -1.09. The van der Waals surface area contributed by atoms with E-state index in [4.69, 9.17) is 15.2 Å². The normalized spacial score (nSPS) is 13.3. The van der Waals surface area contributed by atoms with Crippen LogP contribution in [-0.4, -0.2) is 40.6 Å². The summed E-state index contributed by atoms with van der Waals surface area (Å²) < 4.78 is 11.7. The summed E-state index contributed by atoms with van der Waals surface area (Å²) in [6.45, 7) is 1.11. The zero-order valence-corrected chi connectivity index (χ0v) is 11.3. The second-order valence-electron chi connectivity index (χ2n) is 3.93. The Morgan fingerprint density at radius 3 is 2.89 bits per heavy atom. The molecule has 8 heteroatoms. The van der Waals surface area contributed by atoms with Crippen molar-refractivity contribution in [2.75, 3.05) is 20.8 Å². The van der Waals surface area contributed by atoms with Gasteiger partial charge in [-0.3, -0.25) is 0 Å². The van der Waals surface area contributed by atoms with Gasteiger partial charge in [0, 0.05) is 20.8 Å². The Bertz CT molecular complexity index is 497. The maximum Gasteiger partial charge on any atom is 0.234 e. The highest BCUT2D eigenvalue weighted by molar-refractivity contribution is 7.16. The zero-order valence-electron chi connectivity index (χ0n) is 10.5. The van der Waals surface area contributed by atoms with Gasteiger partial charge >= 0.3 is 0 Å². The van der Waals surface area contributed by atoms with Crippen molar-refractivity contribution >= 4 is 16.3 Å². The third-order valence-electron chi connectivity index (χ3n) is 2.53. The zero-order chi connectivity index (χ0) is 13.0. The molecule has 0 fully saturated rings. The molecule has 2 aromatic heterocycles. The monoisotopic (exact) mass is 271 g/mol. The third-order valence-corrected chi connectivity index (χ3v) is 3.56. The molecule has 0 saturated heterocycles. The van der Waals surface area contributed by atoms with Gasteiger partial charge in [-0.15, -0.1) is 10.2 Å². The van der Waals surface area contributed by atoms with Gasteiger partial charge in [0.1, 0.15) is 11.6 Å². The average Bonchev–Trinajstić information content (AvgIpc) is 2.92. The number of nitrogens with zero attached hydrogens (tertiary/aromatic N) is 4. The summed E-state index contributed by atoms with van der Waals surface area (Å²) in [4.78, 5) is 0.749. The molecule has 0 aromatic carbocycles. The SMILES string of the molecule is COCCCC(N)c1nn2c(COC)nnc2s1. The highest BCUT2D eigenvalue weighted by atomic mass is 32.1. The van der Waals surface area contributed by atoms with Crippen molar-refractivity contribution in [1.82, 2.24) is 19.8 Å². The van der Waals surface area contributed by atoms with Crippen LogP contribution in [0, 0.1) is 0 Å². The van der Waals surface area contributed by atoms with Crippen molar-refractivity contribution < 1.29 is 9.47 Å². The van der Waals surface area contributed by atoms with Gasteiger partial charge in [-0.25, -0.2) is 0 Å². The second kappa shape index (κ2) is 6.19. The van der Waals surface area contributed by atoms with Gasteiger partial charge in [-0.2, -0.15) is 9.61 Å². The lowest BCUT2D eigenvalue weighted by molar-refractivity contribution is 0.176. The molecule has 0 amide bonds. The molecule has 1 atom stereocenters. The summed E-state index contributed by atoms with van der Waals surface area (Å²) in [6.07, 6.45) is 1.76. The fourth-order valence-corrected chi connectivity index (χ4v) is 2.51. The summed E-state index contributed by atoms with van der Waals surface area (Å²) in [5, 5.41) is 13.3. The van der Waals surface area contributed by atoms with Crippen molar-refractivity contribution in [3.05, 3.63) is 10.8 Å². The van der Waals surface area contributed by atoms with Crippen molar-refractivity contribution in [3.8, 4) is 0 Å². The van der Waals surface area contributed by atoms with Crippen LogP contribution in [0.2, 0.25) is 0 Å². The Kier molecular flexibility index (Phi) is 4.59. The molecule has 0 bridgehead atoms. The van der Waals surface area contributed by atoms with E-state index in [-0.39, 0.29) is 6.04 Å². The van der Waals surface area contributed by atoms with Gasteiger partial charge in [0.15, 0.2) is 5.82 Å². The predicted octanol–water partition coefficient (Wildman–Crippen LogP) is 0.759. The Labute approximate surface area is 109 Å². The minimum Gasteiger partial charge on any atom is -0.385 e. The maximum absolute atomic E-state index is 6.08. The first kappa shape index (κ1) is 13.3. The van der Waals surface area contributed by atoms with Crippen LogP contribution in [0.5, 0.6) is 0 Å². The number of hydrogen-bond acceptors (Lipinski definition) is 7. The molecule has 2 rings (SSSR count). The first-order valence-corrected chi connectivity index (χ1v) is 6.52. The van der Waals surface area contributed by atoms with E-state index in [1.54, 1.807) is 18.7 Å². The quantitative estimate of drug-likeness (QED) is 0.748. The molecule has 0 aliphatic rings. The highest BCUT2D eigenvalue weighted by Crippen LogP contribution is 2.22. The van der Waals surface area contributed by atoms with E-state index in [0.717, 1.165) is 22.8 Å². The lowest BCUT2D eigenvalue weighted by atomic mass is 10.2. The van der Waals surface area contributed by atoms with Crippen LogP contribution >= 0.6 is 11.3 Å². The minimum atomic E-state index is -0.0813. The topological polar surface area (TPSA) is 87.6 Å². The molecule has 2 heterocycles. The predicted molar refractivity (Wildman–Crippen MR) is 67.4 cm³/mol. The van der Waals surface area contributed by atoms with Crippen molar-refractivity contribution in [3.63, 3.8) is 0 Å². The lowest BCUT2D eigenvalue weighted by Crippen LogP contribution is -2.11. The lowest BCUT2D eigenvalue weighted by Gasteiger charge is -2.06. The van der Waals surface area contributed by atoms with E-state index in [2.05, 4.69) is 15.3 Å². The first-order chi connectivity index (χ1) is 8.76. The highest BCUT2D eigenvalue weighted by Gasteiger charge is 2.16. The van der Waals surface area contributed by atoms with Crippen LogP contribution in [0.25, 0.3) is 4.96 Å². The molecule has 7 nitrogen and oxygen atoms in total. The van der Waals surface area contributed by atoms with Crippen LogP contribution in [0.4, 0.5) is 0 Å². The van der Waals surface area contributed by atoms with Crippen LogP contribution in [0.1, 0.15) is 29.7 Å². The fourth-order valence-electron chi connectivity index (χ4n) is 1.61. The van der Waals surface area contributed by atoms with Crippen LogP contribution in [-0.2, 0) is 16.1 Å². The van der Waals surface area contributed by atoms with E-state index < -0.39 is 0 Å². The molecule has 0 aliphatic carbocycles. The fraction of sp³-hybridized carbons (Fsp3) is 0.700. The number of hydrogen-bond donors (Lipinski definition) is 1. The molecule has 0 spiro atoms. The number of methoxy groups -OCH3 is 2. The molecule has 100 valence electrons. The summed E-state index contributed by atoms with van der Waals surface area (Å²) in [5.41, 5.74) is 6.08. The van der Waals surface area contributed by atoms with Crippen LogP contribution < -0.4 is 5.73 Å². The van der Waals surface area contributed by atoms with E-state index in [9.17, 15) is 0 Å². The molecular formula is C10H17N5O2S. The van der Waals surface area contributed by atoms with E-state index in [0.29, 0.717) is 19.0 Å². The summed E-state index contributed by atoms with van der Waals surface area (Å²) >= 11 is 1.47. The molecule has 0 aliphatic heterocycles. The Morgan fingerprint density at radius 1 is 1.33 bits per heavy atom. The molecule has 0 saturated carbocycles. The summed E-state index contributed by atoms with van der Waals surface area (Å²) in [5.74, 6) is 0.694.